The molecule has 0 radical (unpaired) electrons. The first-order chi connectivity index (χ1) is 14.5. The lowest BCUT2D eigenvalue weighted by molar-refractivity contribution is -0.137. The van der Waals surface area contributed by atoms with E-state index < -0.39 is 0 Å². The molecule has 7 heteroatoms. The quantitative estimate of drug-likeness (QED) is 0.664. The SMILES string of the molecule is O=C(CCCN1C(=O)NC2CCC(Br)CC2C1=O)N1CC=C(c2ccccc2)CC1. The van der Waals surface area contributed by atoms with Gasteiger partial charge in [0.15, 0.2) is 0 Å². The number of carbonyl (C=O) groups excluding carboxylic acids is 3. The number of fused-ring (bicyclic) bond motifs is 1. The van der Waals surface area contributed by atoms with Crippen LogP contribution in [-0.2, 0) is 9.59 Å². The van der Waals surface area contributed by atoms with E-state index in [2.05, 4.69) is 39.5 Å². The van der Waals surface area contributed by atoms with Gasteiger partial charge in [-0.1, -0.05) is 52.3 Å². The maximum Gasteiger partial charge on any atom is 0.324 e. The van der Waals surface area contributed by atoms with Gasteiger partial charge in [-0.3, -0.25) is 14.5 Å². The summed E-state index contributed by atoms with van der Waals surface area (Å²) in [7, 11) is 0. The van der Waals surface area contributed by atoms with Crippen molar-refractivity contribution in [2.24, 2.45) is 5.92 Å². The van der Waals surface area contributed by atoms with Gasteiger partial charge < -0.3 is 10.2 Å². The monoisotopic (exact) mass is 473 g/mol. The molecule has 3 unspecified atom stereocenters. The van der Waals surface area contributed by atoms with Crippen molar-refractivity contribution in [3.05, 3.63) is 42.0 Å². The zero-order chi connectivity index (χ0) is 21.1. The van der Waals surface area contributed by atoms with E-state index in [-0.39, 0.29) is 29.8 Å². The van der Waals surface area contributed by atoms with E-state index >= 15 is 0 Å². The molecule has 4 amide bonds. The molecular weight excluding hydrogens is 446 g/mol. The summed E-state index contributed by atoms with van der Waals surface area (Å²) < 4.78 is 0. The molecule has 1 aromatic rings. The van der Waals surface area contributed by atoms with Crippen LogP contribution >= 0.6 is 15.9 Å². The number of benzene rings is 1. The van der Waals surface area contributed by atoms with E-state index in [4.69, 9.17) is 0 Å². The highest BCUT2D eigenvalue weighted by molar-refractivity contribution is 9.09. The molecule has 1 aromatic carbocycles. The largest absolute Gasteiger partial charge is 0.339 e. The molecule has 0 bridgehead atoms. The van der Waals surface area contributed by atoms with E-state index in [1.807, 2.05) is 23.1 Å². The van der Waals surface area contributed by atoms with Crippen molar-refractivity contribution in [1.82, 2.24) is 15.1 Å². The van der Waals surface area contributed by atoms with E-state index in [9.17, 15) is 14.4 Å². The van der Waals surface area contributed by atoms with Crippen molar-refractivity contribution in [3.8, 4) is 0 Å². The first-order valence-corrected chi connectivity index (χ1v) is 11.7. The van der Waals surface area contributed by atoms with Crippen LogP contribution in [0.4, 0.5) is 4.79 Å². The van der Waals surface area contributed by atoms with Crippen molar-refractivity contribution in [3.63, 3.8) is 0 Å². The summed E-state index contributed by atoms with van der Waals surface area (Å²) in [6, 6.07) is 9.89. The number of nitrogens with one attached hydrogen (secondary N) is 1. The minimum absolute atomic E-state index is 0.0457. The number of rotatable bonds is 5. The van der Waals surface area contributed by atoms with Gasteiger partial charge >= 0.3 is 6.03 Å². The van der Waals surface area contributed by atoms with Gasteiger partial charge in [0.1, 0.15) is 0 Å². The number of urea groups is 1. The Morgan fingerprint density at radius 2 is 1.97 bits per heavy atom. The van der Waals surface area contributed by atoms with Crippen LogP contribution in [0.1, 0.15) is 44.1 Å². The molecule has 160 valence electrons. The highest BCUT2D eigenvalue weighted by Crippen LogP contribution is 2.33. The molecule has 0 aromatic heterocycles. The number of hydrogen-bond acceptors (Lipinski definition) is 3. The molecule has 2 fully saturated rings. The molecule has 3 atom stereocenters. The second kappa shape index (κ2) is 9.33. The lowest BCUT2D eigenvalue weighted by Gasteiger charge is -2.41. The zero-order valence-corrected chi connectivity index (χ0v) is 18.6. The van der Waals surface area contributed by atoms with Gasteiger partial charge in [-0.25, -0.2) is 4.79 Å². The van der Waals surface area contributed by atoms with Crippen LogP contribution in [0, 0.1) is 5.92 Å². The number of amides is 4. The van der Waals surface area contributed by atoms with Crippen LogP contribution in [0.5, 0.6) is 0 Å². The molecule has 1 saturated heterocycles. The topological polar surface area (TPSA) is 69.7 Å². The standard InChI is InChI=1S/C23H28BrN3O3/c24-18-8-9-20-19(15-18)22(29)27(23(30)25-20)12-4-7-21(28)26-13-10-17(11-14-26)16-5-2-1-3-6-16/h1-3,5-6,10,18-20H,4,7-9,11-15H2,(H,25,30). The summed E-state index contributed by atoms with van der Waals surface area (Å²) in [4.78, 5) is 41.3. The minimum atomic E-state index is -0.310. The number of halogens is 1. The first-order valence-electron chi connectivity index (χ1n) is 10.8. The molecule has 6 nitrogen and oxygen atoms in total. The van der Waals surface area contributed by atoms with Crippen LogP contribution in [0.25, 0.3) is 5.57 Å². The van der Waals surface area contributed by atoms with Gasteiger partial charge in [-0.15, -0.1) is 0 Å². The maximum absolute atomic E-state index is 12.8. The van der Waals surface area contributed by atoms with Gasteiger partial charge in [0, 0.05) is 36.9 Å². The van der Waals surface area contributed by atoms with Crippen LogP contribution in [0.15, 0.2) is 36.4 Å². The lowest BCUT2D eigenvalue weighted by atomic mass is 9.82. The predicted molar refractivity (Wildman–Crippen MR) is 119 cm³/mol. The minimum Gasteiger partial charge on any atom is -0.339 e. The molecule has 30 heavy (non-hydrogen) atoms. The summed E-state index contributed by atoms with van der Waals surface area (Å²) in [5, 5.41) is 2.98. The van der Waals surface area contributed by atoms with Gasteiger partial charge in [-0.2, -0.15) is 0 Å². The van der Waals surface area contributed by atoms with E-state index in [1.54, 1.807) is 0 Å². The van der Waals surface area contributed by atoms with Crippen LogP contribution in [0.3, 0.4) is 0 Å². The molecule has 4 rings (SSSR count). The Morgan fingerprint density at radius 1 is 1.17 bits per heavy atom. The van der Waals surface area contributed by atoms with Crippen molar-refractivity contribution in [2.45, 2.75) is 49.4 Å². The van der Waals surface area contributed by atoms with Crippen molar-refractivity contribution in [1.29, 1.82) is 0 Å². The van der Waals surface area contributed by atoms with Gasteiger partial charge in [-0.05, 0) is 43.2 Å². The fraction of sp³-hybridized carbons (Fsp3) is 0.522. The molecule has 2 aliphatic heterocycles. The summed E-state index contributed by atoms with van der Waals surface area (Å²) >= 11 is 3.61. The second-order valence-corrected chi connectivity index (χ2v) is 9.65. The molecule has 0 spiro atoms. The number of imide groups is 1. The van der Waals surface area contributed by atoms with Crippen LogP contribution < -0.4 is 5.32 Å². The zero-order valence-electron chi connectivity index (χ0n) is 17.1. The molecule has 3 aliphatic rings. The highest BCUT2D eigenvalue weighted by atomic mass is 79.9. The molecule has 1 saturated carbocycles. The molecule has 2 heterocycles. The smallest absolute Gasteiger partial charge is 0.324 e. The maximum atomic E-state index is 12.8. The number of hydrogen-bond donors (Lipinski definition) is 1. The third-order valence-corrected chi connectivity index (χ3v) is 7.23. The molecule has 1 N–H and O–H groups in total. The summed E-state index contributed by atoms with van der Waals surface area (Å²) in [6.45, 7) is 1.62. The van der Waals surface area contributed by atoms with Crippen molar-refractivity contribution < 1.29 is 14.4 Å². The first kappa shape index (κ1) is 21.1. The Kier molecular flexibility index (Phi) is 6.56. The summed E-state index contributed by atoms with van der Waals surface area (Å²) in [5.41, 5.74) is 2.49. The average molecular weight is 474 g/mol. The van der Waals surface area contributed by atoms with Crippen molar-refractivity contribution in [2.75, 3.05) is 19.6 Å². The number of alkyl halides is 1. The van der Waals surface area contributed by atoms with Gasteiger partial charge in [0.25, 0.3) is 0 Å². The highest BCUT2D eigenvalue weighted by Gasteiger charge is 2.43. The molecule has 1 aliphatic carbocycles. The van der Waals surface area contributed by atoms with E-state index in [0.29, 0.717) is 37.3 Å². The Bertz CT molecular complexity index is 841. The van der Waals surface area contributed by atoms with Gasteiger partial charge in [0.05, 0.1) is 5.92 Å². The number of carbonyl (C=O) groups is 3. The van der Waals surface area contributed by atoms with Crippen molar-refractivity contribution >= 4 is 39.3 Å². The second-order valence-electron chi connectivity index (χ2n) is 8.35. The normalized spacial score (nSPS) is 26.7. The fourth-order valence-corrected chi connectivity index (χ4v) is 5.34. The summed E-state index contributed by atoms with van der Waals surface area (Å²) in [5.74, 6) is -0.159. The Balaban J connectivity index is 1.26. The molecular formula is C23H28BrN3O3. The Labute approximate surface area is 185 Å². The third-order valence-electron chi connectivity index (χ3n) is 6.40. The number of nitrogens with zero attached hydrogens (tertiary/aromatic N) is 2. The Morgan fingerprint density at radius 3 is 2.70 bits per heavy atom. The van der Waals surface area contributed by atoms with Gasteiger partial charge in [0.2, 0.25) is 11.8 Å². The third kappa shape index (κ3) is 4.61. The van der Waals surface area contributed by atoms with Crippen LogP contribution in [-0.4, -0.2) is 58.1 Å². The Hall–Kier alpha value is -2.15. The summed E-state index contributed by atoms with van der Waals surface area (Å²) in [6.07, 6.45) is 6.37. The predicted octanol–water partition coefficient (Wildman–Crippen LogP) is 3.57. The van der Waals surface area contributed by atoms with E-state index in [0.717, 1.165) is 25.7 Å². The van der Waals surface area contributed by atoms with Crippen LogP contribution in [0.2, 0.25) is 0 Å². The van der Waals surface area contributed by atoms with E-state index in [1.165, 1.54) is 16.0 Å². The lowest BCUT2D eigenvalue weighted by Crippen LogP contribution is -2.61. The fourth-order valence-electron chi connectivity index (χ4n) is 4.67. The average Bonchev–Trinajstić information content (AvgIpc) is 2.77.